The molecule has 0 aliphatic heterocycles. The van der Waals surface area contributed by atoms with E-state index in [2.05, 4.69) is 21.2 Å². The van der Waals surface area contributed by atoms with Crippen LogP contribution in [0.4, 0.5) is 14.5 Å². The van der Waals surface area contributed by atoms with Gasteiger partial charge >= 0.3 is 5.69 Å². The molecule has 98 valence electrons. The molecule has 0 fully saturated rings. The van der Waals surface area contributed by atoms with Crippen molar-refractivity contribution in [3.05, 3.63) is 39.4 Å². The first-order valence-electron chi connectivity index (χ1n) is 4.89. The predicted molar refractivity (Wildman–Crippen MR) is 63.7 cm³/mol. The van der Waals surface area contributed by atoms with E-state index in [0.29, 0.717) is 12.1 Å². The Morgan fingerprint density at radius 2 is 2.17 bits per heavy atom. The minimum Gasteiger partial charge on any atom is -0.351 e. The van der Waals surface area contributed by atoms with Crippen molar-refractivity contribution in [3.8, 4) is 0 Å². The van der Waals surface area contributed by atoms with E-state index in [4.69, 9.17) is 0 Å². The molecule has 8 heteroatoms. The molecule has 1 N–H and O–H groups in total. The highest BCUT2D eigenvalue weighted by Gasteiger charge is 2.26. The van der Waals surface area contributed by atoms with Crippen molar-refractivity contribution < 1.29 is 18.5 Å². The minimum atomic E-state index is -1.47. The van der Waals surface area contributed by atoms with Gasteiger partial charge in [-0.3, -0.25) is 14.9 Å². The summed E-state index contributed by atoms with van der Waals surface area (Å²) in [5.41, 5.74) is -1.88. The number of nitrogens with one attached hydrogen (secondary N) is 1. The number of alkyl halides is 1. The van der Waals surface area contributed by atoms with Gasteiger partial charge in [0.1, 0.15) is 11.4 Å². The number of halogens is 3. The van der Waals surface area contributed by atoms with E-state index in [9.17, 15) is 23.7 Å². The zero-order valence-electron chi connectivity index (χ0n) is 9.25. The normalized spacial score (nSPS) is 12.0. The van der Waals surface area contributed by atoms with Crippen LogP contribution in [0, 0.1) is 21.7 Å². The molecule has 0 aliphatic carbocycles. The molecule has 0 heterocycles. The molecule has 0 aliphatic rings. The van der Waals surface area contributed by atoms with Gasteiger partial charge in [-0.2, -0.15) is 4.39 Å². The summed E-state index contributed by atoms with van der Waals surface area (Å²) in [5.74, 6) is -3.64. The van der Waals surface area contributed by atoms with Gasteiger partial charge < -0.3 is 5.32 Å². The number of nitro benzene ring substituents is 1. The van der Waals surface area contributed by atoms with E-state index in [-0.39, 0.29) is 11.4 Å². The summed E-state index contributed by atoms with van der Waals surface area (Å²) in [6.07, 6.45) is 0. The molecule has 1 aromatic carbocycles. The zero-order chi connectivity index (χ0) is 13.9. The molecule has 1 amide bonds. The van der Waals surface area contributed by atoms with E-state index in [1.54, 1.807) is 6.92 Å². The van der Waals surface area contributed by atoms with E-state index < -0.39 is 33.7 Å². The number of nitrogens with zero attached hydrogens (tertiary/aromatic N) is 1. The first-order valence-corrected chi connectivity index (χ1v) is 5.80. The van der Waals surface area contributed by atoms with Gasteiger partial charge in [0.2, 0.25) is 5.82 Å². The molecule has 18 heavy (non-hydrogen) atoms. The first kappa shape index (κ1) is 14.5. The second kappa shape index (κ2) is 5.85. The summed E-state index contributed by atoms with van der Waals surface area (Å²) in [6, 6.07) is 1.36. The van der Waals surface area contributed by atoms with Crippen LogP contribution in [-0.4, -0.2) is 22.2 Å². The molecule has 1 aromatic rings. The van der Waals surface area contributed by atoms with Crippen molar-refractivity contribution in [2.45, 2.75) is 11.8 Å². The van der Waals surface area contributed by atoms with Gasteiger partial charge in [0.05, 0.1) is 4.92 Å². The Kier molecular flexibility index (Phi) is 4.71. The Hall–Kier alpha value is -1.57. The lowest BCUT2D eigenvalue weighted by molar-refractivity contribution is -0.387. The topological polar surface area (TPSA) is 72.2 Å². The molecule has 0 bridgehead atoms. The van der Waals surface area contributed by atoms with Crippen molar-refractivity contribution in [1.29, 1.82) is 0 Å². The summed E-state index contributed by atoms with van der Waals surface area (Å²) in [7, 11) is 0. The van der Waals surface area contributed by atoms with Crippen molar-refractivity contribution >= 4 is 27.5 Å². The molecule has 1 unspecified atom stereocenters. The number of hydrogen-bond acceptors (Lipinski definition) is 3. The van der Waals surface area contributed by atoms with Crippen molar-refractivity contribution in [2.75, 3.05) is 6.54 Å². The smallest absolute Gasteiger partial charge is 0.305 e. The Bertz CT molecular complexity index is 494. The summed E-state index contributed by atoms with van der Waals surface area (Å²) in [4.78, 5) is 20.9. The van der Waals surface area contributed by atoms with Crippen LogP contribution in [0.3, 0.4) is 0 Å². The number of carbonyl (C=O) groups excluding carboxylic acids is 1. The van der Waals surface area contributed by atoms with Gasteiger partial charge in [-0.05, 0) is 6.07 Å². The lowest BCUT2D eigenvalue weighted by Gasteiger charge is -2.08. The largest absolute Gasteiger partial charge is 0.351 e. The fourth-order valence-corrected chi connectivity index (χ4v) is 1.37. The Balaban J connectivity index is 3.11. The van der Waals surface area contributed by atoms with Crippen molar-refractivity contribution in [1.82, 2.24) is 5.32 Å². The lowest BCUT2D eigenvalue weighted by Crippen LogP contribution is -2.30. The Morgan fingerprint density at radius 1 is 1.56 bits per heavy atom. The standard InChI is InChI=1S/C10H9BrF2N2O3/c1-5(11)4-14-10(16)8-6(12)2-3-7(9(8)13)15(17)18/h2-3,5H,4H2,1H3,(H,14,16). The molecular formula is C10H9BrF2N2O3. The van der Waals surface area contributed by atoms with Gasteiger partial charge in [-0.1, -0.05) is 22.9 Å². The van der Waals surface area contributed by atoms with Crippen LogP contribution in [0.5, 0.6) is 0 Å². The summed E-state index contributed by atoms with van der Waals surface area (Å²) >= 11 is 3.14. The van der Waals surface area contributed by atoms with Crippen LogP contribution in [-0.2, 0) is 0 Å². The maximum absolute atomic E-state index is 13.6. The molecule has 0 saturated carbocycles. The average molecular weight is 323 g/mol. The number of nitro groups is 1. The zero-order valence-corrected chi connectivity index (χ0v) is 10.8. The van der Waals surface area contributed by atoms with Gasteiger partial charge in [0.15, 0.2) is 0 Å². The predicted octanol–water partition coefficient (Wildman–Crippen LogP) is 2.39. The van der Waals surface area contributed by atoms with Crippen LogP contribution >= 0.6 is 15.9 Å². The molecule has 0 radical (unpaired) electrons. The third kappa shape index (κ3) is 3.22. The second-order valence-corrected chi connectivity index (χ2v) is 5.07. The average Bonchev–Trinajstić information content (AvgIpc) is 2.25. The van der Waals surface area contributed by atoms with Gasteiger partial charge in [-0.15, -0.1) is 0 Å². The maximum atomic E-state index is 13.6. The van der Waals surface area contributed by atoms with Gasteiger partial charge in [0, 0.05) is 17.4 Å². The number of amides is 1. The Morgan fingerprint density at radius 3 is 2.67 bits per heavy atom. The Labute approximate surface area is 109 Å². The quantitative estimate of drug-likeness (QED) is 0.525. The highest BCUT2D eigenvalue weighted by atomic mass is 79.9. The third-order valence-corrected chi connectivity index (χ3v) is 2.36. The molecule has 0 saturated heterocycles. The van der Waals surface area contributed by atoms with Crippen LogP contribution in [0.2, 0.25) is 0 Å². The fraction of sp³-hybridized carbons (Fsp3) is 0.300. The van der Waals surface area contributed by atoms with Gasteiger partial charge in [-0.25, -0.2) is 4.39 Å². The summed E-state index contributed by atoms with van der Waals surface area (Å²) in [5, 5.41) is 12.7. The molecule has 5 nitrogen and oxygen atoms in total. The number of carbonyl (C=O) groups is 1. The van der Waals surface area contributed by atoms with E-state index in [1.165, 1.54) is 0 Å². The highest BCUT2D eigenvalue weighted by molar-refractivity contribution is 9.09. The number of rotatable bonds is 4. The van der Waals surface area contributed by atoms with Crippen LogP contribution in [0.25, 0.3) is 0 Å². The van der Waals surface area contributed by atoms with Crippen molar-refractivity contribution in [2.24, 2.45) is 0 Å². The van der Waals surface area contributed by atoms with Crippen LogP contribution < -0.4 is 5.32 Å². The van der Waals surface area contributed by atoms with E-state index >= 15 is 0 Å². The maximum Gasteiger partial charge on any atom is 0.305 e. The summed E-state index contributed by atoms with van der Waals surface area (Å²) in [6.45, 7) is 1.86. The SMILES string of the molecule is CC(Br)CNC(=O)c1c(F)ccc([N+](=O)[O-])c1F. The number of hydrogen-bond donors (Lipinski definition) is 1. The molecule has 1 atom stereocenters. The van der Waals surface area contributed by atoms with Crippen LogP contribution in [0.1, 0.15) is 17.3 Å². The van der Waals surface area contributed by atoms with Gasteiger partial charge in [0.25, 0.3) is 5.91 Å². The highest BCUT2D eigenvalue weighted by Crippen LogP contribution is 2.22. The fourth-order valence-electron chi connectivity index (χ4n) is 1.21. The lowest BCUT2D eigenvalue weighted by atomic mass is 10.1. The third-order valence-electron chi connectivity index (χ3n) is 2.04. The first-order chi connectivity index (χ1) is 8.34. The summed E-state index contributed by atoms with van der Waals surface area (Å²) < 4.78 is 26.9. The number of benzene rings is 1. The molecule has 0 aromatic heterocycles. The molecular weight excluding hydrogens is 314 g/mol. The monoisotopic (exact) mass is 322 g/mol. The van der Waals surface area contributed by atoms with Crippen molar-refractivity contribution in [3.63, 3.8) is 0 Å². The van der Waals surface area contributed by atoms with E-state index in [0.717, 1.165) is 0 Å². The van der Waals surface area contributed by atoms with E-state index in [1.807, 2.05) is 0 Å². The second-order valence-electron chi connectivity index (χ2n) is 3.50. The van der Waals surface area contributed by atoms with Crippen LogP contribution in [0.15, 0.2) is 12.1 Å². The molecule has 0 spiro atoms. The minimum absolute atomic E-state index is 0.0914. The molecule has 1 rings (SSSR count).